The molecular weight excluding hydrogens is 497 g/mol. The lowest BCUT2D eigenvalue weighted by atomic mass is 9.84. The number of hydrogen-bond acceptors (Lipinski definition) is 3. The smallest absolute Gasteiger partial charge is 0.191 e. The molecule has 2 aliphatic heterocycles. The molecule has 5 nitrogen and oxygen atoms in total. The van der Waals surface area contributed by atoms with E-state index in [4.69, 9.17) is 4.99 Å². The van der Waals surface area contributed by atoms with E-state index >= 15 is 0 Å². The van der Waals surface area contributed by atoms with E-state index in [1.807, 2.05) is 0 Å². The van der Waals surface area contributed by atoms with Crippen LogP contribution in [0.2, 0.25) is 0 Å². The van der Waals surface area contributed by atoms with Gasteiger partial charge in [0.25, 0.3) is 0 Å². The Labute approximate surface area is 206 Å². The largest absolute Gasteiger partial charge is 0.357 e. The second kappa shape index (κ2) is 11.3. The predicted octanol–water partition coefficient (Wildman–Crippen LogP) is 3.84. The topological polar surface area (TPSA) is 42.9 Å². The quantitative estimate of drug-likeness (QED) is 0.314. The summed E-state index contributed by atoms with van der Waals surface area (Å²) in [5.41, 5.74) is 2.01. The van der Waals surface area contributed by atoms with E-state index in [1.54, 1.807) is 0 Å². The van der Waals surface area contributed by atoms with E-state index in [0.717, 1.165) is 25.6 Å². The van der Waals surface area contributed by atoms with Gasteiger partial charge in [-0.25, -0.2) is 0 Å². The van der Waals surface area contributed by atoms with E-state index in [1.165, 1.54) is 76.7 Å². The van der Waals surface area contributed by atoms with E-state index in [9.17, 15) is 0 Å². The lowest BCUT2D eigenvalue weighted by Gasteiger charge is -2.49. The maximum Gasteiger partial charge on any atom is 0.191 e. The number of benzene rings is 1. The third-order valence-electron chi connectivity index (χ3n) is 7.65. The van der Waals surface area contributed by atoms with Crippen LogP contribution in [0.4, 0.5) is 0 Å². The fraction of sp³-hybridized carbons (Fsp3) is 0.720. The number of hydrogen-bond donors (Lipinski definition) is 2. The molecule has 31 heavy (non-hydrogen) atoms. The summed E-state index contributed by atoms with van der Waals surface area (Å²) in [6.07, 6.45) is 9.10. The molecule has 1 aromatic carbocycles. The van der Waals surface area contributed by atoms with Crippen molar-refractivity contribution in [1.82, 2.24) is 20.4 Å². The van der Waals surface area contributed by atoms with Crippen LogP contribution in [0.5, 0.6) is 0 Å². The summed E-state index contributed by atoms with van der Waals surface area (Å²) < 4.78 is 0. The molecule has 3 fully saturated rings. The highest BCUT2D eigenvalue weighted by molar-refractivity contribution is 14.0. The van der Waals surface area contributed by atoms with Crippen molar-refractivity contribution in [2.45, 2.75) is 62.8 Å². The Balaban J connectivity index is 0.00000272. The molecule has 174 valence electrons. The van der Waals surface area contributed by atoms with Crippen LogP contribution in [-0.2, 0) is 5.41 Å². The summed E-state index contributed by atoms with van der Waals surface area (Å²) in [4.78, 5) is 10.4. The SMILES string of the molecule is CCNC(=NCC1(N2CCCCC2)CCN(C)CC1)NCC1(c2ccccc2)CC1.I. The number of guanidine groups is 1. The van der Waals surface area contributed by atoms with E-state index in [0.29, 0.717) is 5.41 Å². The van der Waals surface area contributed by atoms with E-state index in [2.05, 4.69) is 64.7 Å². The number of aliphatic imine (C=N–C) groups is 1. The Kier molecular flexibility index (Phi) is 9.05. The number of nitrogens with zero attached hydrogens (tertiary/aromatic N) is 3. The van der Waals surface area contributed by atoms with Crippen molar-refractivity contribution < 1.29 is 0 Å². The van der Waals surface area contributed by atoms with Crippen molar-refractivity contribution in [2.75, 3.05) is 52.9 Å². The lowest BCUT2D eigenvalue weighted by Crippen LogP contribution is -2.58. The van der Waals surface area contributed by atoms with Gasteiger partial charge >= 0.3 is 0 Å². The van der Waals surface area contributed by atoms with Crippen LogP contribution in [0.15, 0.2) is 35.3 Å². The Morgan fingerprint density at radius 1 is 0.935 bits per heavy atom. The Morgan fingerprint density at radius 3 is 2.23 bits per heavy atom. The first-order chi connectivity index (χ1) is 14.7. The van der Waals surface area contributed by atoms with Crippen LogP contribution in [0.3, 0.4) is 0 Å². The minimum atomic E-state index is 0. The number of piperidine rings is 2. The molecule has 2 saturated heterocycles. The Morgan fingerprint density at radius 2 is 1.61 bits per heavy atom. The molecule has 0 unspecified atom stereocenters. The van der Waals surface area contributed by atoms with Crippen LogP contribution in [0, 0.1) is 0 Å². The van der Waals surface area contributed by atoms with Crippen molar-refractivity contribution in [3.05, 3.63) is 35.9 Å². The van der Waals surface area contributed by atoms with Gasteiger partial charge in [0.15, 0.2) is 5.96 Å². The van der Waals surface area contributed by atoms with E-state index in [-0.39, 0.29) is 29.5 Å². The molecule has 4 rings (SSSR count). The van der Waals surface area contributed by atoms with Gasteiger partial charge < -0.3 is 15.5 Å². The first-order valence-corrected chi connectivity index (χ1v) is 12.2. The minimum absolute atomic E-state index is 0. The van der Waals surface area contributed by atoms with Crippen molar-refractivity contribution in [3.8, 4) is 0 Å². The monoisotopic (exact) mass is 539 g/mol. The molecule has 6 heteroatoms. The summed E-state index contributed by atoms with van der Waals surface area (Å²) in [6, 6.07) is 11.0. The molecule has 3 aliphatic rings. The molecule has 1 aliphatic carbocycles. The standard InChI is InChI=1S/C25H41N5.HI/c1-3-26-23(27-20-24(12-13-24)22-10-6-4-7-11-22)28-21-25(14-18-29(2)19-15-25)30-16-8-5-9-17-30;/h4,6-7,10-11H,3,5,8-9,12-21H2,1-2H3,(H2,26,27,28);1H. The van der Waals surface area contributed by atoms with Gasteiger partial charge in [-0.1, -0.05) is 36.8 Å². The normalized spacial score (nSPS) is 23.6. The van der Waals surface area contributed by atoms with Crippen molar-refractivity contribution >= 4 is 29.9 Å². The first-order valence-electron chi connectivity index (χ1n) is 12.2. The Hall–Kier alpha value is -0.860. The summed E-state index contributed by atoms with van der Waals surface area (Å²) in [6.45, 7) is 9.83. The van der Waals surface area contributed by atoms with Crippen molar-refractivity contribution in [3.63, 3.8) is 0 Å². The summed E-state index contributed by atoms with van der Waals surface area (Å²) in [7, 11) is 2.26. The highest BCUT2D eigenvalue weighted by Gasteiger charge is 2.44. The summed E-state index contributed by atoms with van der Waals surface area (Å²) >= 11 is 0. The van der Waals surface area contributed by atoms with E-state index < -0.39 is 0 Å². The molecule has 0 spiro atoms. The maximum atomic E-state index is 5.17. The third kappa shape index (κ3) is 6.14. The van der Waals surface area contributed by atoms with Gasteiger partial charge in [0.05, 0.1) is 6.54 Å². The molecule has 1 aromatic rings. The molecule has 2 N–H and O–H groups in total. The Bertz CT molecular complexity index is 689. The van der Waals surface area contributed by atoms with Gasteiger partial charge in [-0.05, 0) is 84.2 Å². The zero-order valence-electron chi connectivity index (χ0n) is 19.5. The number of halogens is 1. The third-order valence-corrected chi connectivity index (χ3v) is 7.65. The lowest BCUT2D eigenvalue weighted by molar-refractivity contribution is 0.0208. The number of likely N-dealkylation sites (tertiary alicyclic amines) is 2. The highest BCUT2D eigenvalue weighted by Crippen LogP contribution is 2.47. The van der Waals surface area contributed by atoms with Gasteiger partial charge in [0, 0.05) is 24.0 Å². The predicted molar refractivity (Wildman–Crippen MR) is 142 cm³/mol. The molecule has 0 atom stereocenters. The summed E-state index contributed by atoms with van der Waals surface area (Å²) in [5.74, 6) is 0.995. The zero-order chi connectivity index (χ0) is 20.9. The second-order valence-corrected chi connectivity index (χ2v) is 9.77. The maximum absolute atomic E-state index is 5.17. The van der Waals surface area contributed by atoms with Crippen molar-refractivity contribution in [2.24, 2.45) is 4.99 Å². The first kappa shape index (κ1) is 24.8. The van der Waals surface area contributed by atoms with Gasteiger partial charge in [-0.2, -0.15) is 0 Å². The fourth-order valence-electron chi connectivity index (χ4n) is 5.31. The van der Waals surface area contributed by atoms with Crippen LogP contribution >= 0.6 is 24.0 Å². The molecular formula is C25H42IN5. The molecule has 0 amide bonds. The summed E-state index contributed by atoms with van der Waals surface area (Å²) in [5, 5.41) is 7.21. The average molecular weight is 540 g/mol. The van der Waals surface area contributed by atoms with Gasteiger partial charge in [-0.3, -0.25) is 9.89 Å². The molecule has 1 saturated carbocycles. The molecule has 2 heterocycles. The van der Waals surface area contributed by atoms with Crippen LogP contribution < -0.4 is 10.6 Å². The second-order valence-electron chi connectivity index (χ2n) is 9.77. The van der Waals surface area contributed by atoms with Gasteiger partial charge in [0.1, 0.15) is 0 Å². The number of rotatable bonds is 7. The molecule has 0 aromatic heterocycles. The van der Waals surface area contributed by atoms with Crippen molar-refractivity contribution in [1.29, 1.82) is 0 Å². The zero-order valence-corrected chi connectivity index (χ0v) is 21.9. The fourth-order valence-corrected chi connectivity index (χ4v) is 5.31. The van der Waals surface area contributed by atoms with Gasteiger partial charge in [-0.15, -0.1) is 24.0 Å². The molecule has 0 bridgehead atoms. The molecule has 0 radical (unpaired) electrons. The van der Waals surface area contributed by atoms with Crippen LogP contribution in [-0.4, -0.2) is 74.2 Å². The van der Waals surface area contributed by atoms with Gasteiger partial charge in [0.2, 0.25) is 0 Å². The number of nitrogens with one attached hydrogen (secondary N) is 2. The average Bonchev–Trinajstić information content (AvgIpc) is 3.59. The van der Waals surface area contributed by atoms with Crippen LogP contribution in [0.1, 0.15) is 57.4 Å². The van der Waals surface area contributed by atoms with Crippen LogP contribution in [0.25, 0.3) is 0 Å². The minimum Gasteiger partial charge on any atom is -0.357 e. The highest BCUT2D eigenvalue weighted by atomic mass is 127.